The number of carbonyl (C=O) groups is 1. The van der Waals surface area contributed by atoms with Crippen molar-refractivity contribution in [3.8, 4) is 5.75 Å². The first-order valence-corrected chi connectivity index (χ1v) is 10.6. The molecule has 30 heavy (non-hydrogen) atoms. The van der Waals surface area contributed by atoms with Gasteiger partial charge in [-0.2, -0.15) is 0 Å². The lowest BCUT2D eigenvalue weighted by Crippen LogP contribution is -2.17. The third kappa shape index (κ3) is 4.42. The zero-order valence-electron chi connectivity index (χ0n) is 16.7. The van der Waals surface area contributed by atoms with E-state index >= 15 is 0 Å². The molecular weight excluding hydrogens is 392 g/mol. The molecule has 0 bridgehead atoms. The first kappa shape index (κ1) is 19.9. The van der Waals surface area contributed by atoms with Gasteiger partial charge in [-0.25, -0.2) is 4.98 Å². The molecule has 1 atom stereocenters. The molecule has 1 aromatic heterocycles. The van der Waals surface area contributed by atoms with Gasteiger partial charge in [0, 0.05) is 16.5 Å². The summed E-state index contributed by atoms with van der Waals surface area (Å²) in [6, 6.07) is 25.3. The minimum atomic E-state index is 0.0350. The van der Waals surface area contributed by atoms with Crippen LogP contribution < -0.4 is 15.5 Å². The van der Waals surface area contributed by atoms with Crippen molar-refractivity contribution in [3.63, 3.8) is 0 Å². The summed E-state index contributed by atoms with van der Waals surface area (Å²) in [5.41, 5.74) is 10.7. The molecule has 1 unspecified atom stereocenters. The molecule has 3 aromatic carbocycles. The number of H-pyrrole nitrogens is 1. The molecule has 4 nitrogen and oxygen atoms in total. The van der Waals surface area contributed by atoms with Crippen molar-refractivity contribution in [3.05, 3.63) is 112 Å². The number of ketones is 1. The normalized spacial score (nSPS) is 11.8. The van der Waals surface area contributed by atoms with Crippen LogP contribution in [0.5, 0.6) is 5.75 Å². The Hall–Kier alpha value is -3.44. The van der Waals surface area contributed by atoms with Gasteiger partial charge in [-0.05, 0) is 29.7 Å². The number of nitrogen functional groups attached to an aromatic ring is 1. The van der Waals surface area contributed by atoms with E-state index in [0.717, 1.165) is 23.4 Å². The number of carbonyl (C=O) groups excluding carboxylic acids is 1. The minimum Gasteiger partial charge on any atom is -0.497 e. The van der Waals surface area contributed by atoms with E-state index in [4.69, 9.17) is 10.5 Å². The van der Waals surface area contributed by atoms with Crippen molar-refractivity contribution in [1.82, 2.24) is 0 Å². The number of rotatable bonds is 7. The summed E-state index contributed by atoms with van der Waals surface area (Å²) in [7, 11) is 1.66. The Labute approximate surface area is 180 Å². The number of aromatic nitrogens is 1. The van der Waals surface area contributed by atoms with Gasteiger partial charge in [0.15, 0.2) is 5.78 Å². The van der Waals surface area contributed by atoms with Gasteiger partial charge in [0.2, 0.25) is 0 Å². The van der Waals surface area contributed by atoms with Crippen LogP contribution >= 0.6 is 11.3 Å². The summed E-state index contributed by atoms with van der Waals surface area (Å²) < 4.78 is 5.29. The van der Waals surface area contributed by atoms with Gasteiger partial charge in [-0.1, -0.05) is 78.1 Å². The Balaban J connectivity index is 1.59. The van der Waals surface area contributed by atoms with Gasteiger partial charge in [0.25, 0.3) is 0 Å². The van der Waals surface area contributed by atoms with Gasteiger partial charge in [-0.15, -0.1) is 0 Å². The Morgan fingerprint density at radius 2 is 1.63 bits per heavy atom. The molecule has 5 heteroatoms. The highest BCUT2D eigenvalue weighted by molar-refractivity contribution is 7.13. The molecular formula is C25H23N2O2S+. The summed E-state index contributed by atoms with van der Waals surface area (Å²) in [6.45, 7) is 0. The van der Waals surface area contributed by atoms with Crippen molar-refractivity contribution in [2.45, 2.75) is 12.3 Å². The van der Waals surface area contributed by atoms with Crippen LogP contribution in [0.25, 0.3) is 0 Å². The molecule has 0 saturated carbocycles. The zero-order chi connectivity index (χ0) is 20.9. The maximum absolute atomic E-state index is 12.7. The van der Waals surface area contributed by atoms with Gasteiger partial charge < -0.3 is 4.74 Å². The highest BCUT2D eigenvalue weighted by atomic mass is 32.1. The van der Waals surface area contributed by atoms with E-state index in [1.165, 1.54) is 16.9 Å². The maximum atomic E-state index is 12.7. The monoisotopic (exact) mass is 415 g/mol. The van der Waals surface area contributed by atoms with Crippen LogP contribution in [0.3, 0.4) is 0 Å². The fourth-order valence-electron chi connectivity index (χ4n) is 3.53. The van der Waals surface area contributed by atoms with E-state index < -0.39 is 0 Å². The van der Waals surface area contributed by atoms with Gasteiger partial charge >= 0.3 is 5.13 Å². The van der Waals surface area contributed by atoms with Crippen LogP contribution in [-0.2, 0) is 6.42 Å². The fourth-order valence-corrected chi connectivity index (χ4v) is 4.18. The molecule has 0 radical (unpaired) electrons. The Kier molecular flexibility index (Phi) is 5.91. The lowest BCUT2D eigenvalue weighted by Gasteiger charge is -2.15. The van der Waals surface area contributed by atoms with Crippen molar-refractivity contribution in [2.75, 3.05) is 12.8 Å². The largest absolute Gasteiger partial charge is 0.497 e. The Morgan fingerprint density at radius 1 is 0.967 bits per heavy atom. The quantitative estimate of drug-likeness (QED) is 0.443. The van der Waals surface area contributed by atoms with E-state index in [-0.39, 0.29) is 11.7 Å². The predicted molar refractivity (Wildman–Crippen MR) is 120 cm³/mol. The molecule has 1 heterocycles. The first-order chi connectivity index (χ1) is 14.6. The van der Waals surface area contributed by atoms with Crippen LogP contribution in [0.4, 0.5) is 5.13 Å². The van der Waals surface area contributed by atoms with E-state index in [2.05, 4.69) is 22.5 Å². The van der Waals surface area contributed by atoms with Gasteiger partial charge in [-0.3, -0.25) is 10.5 Å². The second-order valence-electron chi connectivity index (χ2n) is 7.10. The number of anilines is 1. The van der Waals surface area contributed by atoms with E-state index in [1.54, 1.807) is 7.11 Å². The number of hydrogen-bond donors (Lipinski definition) is 1. The molecule has 0 aliphatic carbocycles. The zero-order valence-corrected chi connectivity index (χ0v) is 17.5. The standard InChI is InChI=1S/C25H22N2O2S/c1-29-21-13-11-18(12-14-21)22(23-16-30-25(26)27-23)15-17-7-9-20(10-8-17)24(28)19-5-3-2-4-6-19/h2-14,16,22H,15H2,1H3,(H2,26,27)/p+1. The van der Waals surface area contributed by atoms with E-state index in [0.29, 0.717) is 16.3 Å². The Morgan fingerprint density at radius 3 is 2.23 bits per heavy atom. The molecule has 4 aromatic rings. The van der Waals surface area contributed by atoms with Crippen LogP contribution in [0, 0.1) is 0 Å². The molecule has 0 saturated heterocycles. The lowest BCUT2D eigenvalue weighted by molar-refractivity contribution is -0.368. The molecule has 0 amide bonds. The third-order valence-electron chi connectivity index (χ3n) is 5.17. The number of hydrogen-bond acceptors (Lipinski definition) is 4. The van der Waals surface area contributed by atoms with Crippen LogP contribution in [0.2, 0.25) is 0 Å². The summed E-state index contributed by atoms with van der Waals surface area (Å²) in [6.07, 6.45) is 0.790. The third-order valence-corrected chi connectivity index (χ3v) is 5.89. The van der Waals surface area contributed by atoms with E-state index in [1.807, 2.05) is 66.7 Å². The highest BCUT2D eigenvalue weighted by Gasteiger charge is 2.21. The number of methoxy groups -OCH3 is 1. The summed E-state index contributed by atoms with van der Waals surface area (Å²) in [4.78, 5) is 15.9. The lowest BCUT2D eigenvalue weighted by atomic mass is 9.89. The topological polar surface area (TPSA) is 66.5 Å². The Bertz CT molecular complexity index is 1120. The summed E-state index contributed by atoms with van der Waals surface area (Å²) >= 11 is 1.50. The van der Waals surface area contributed by atoms with Crippen LogP contribution in [0.15, 0.2) is 84.2 Å². The number of ether oxygens (including phenoxy) is 1. The number of nitrogens with one attached hydrogen (secondary N) is 1. The van der Waals surface area contributed by atoms with Gasteiger partial charge in [0.05, 0.1) is 13.0 Å². The smallest absolute Gasteiger partial charge is 0.329 e. The molecule has 150 valence electrons. The second-order valence-corrected chi connectivity index (χ2v) is 8.01. The maximum Gasteiger partial charge on any atom is 0.329 e. The highest BCUT2D eigenvalue weighted by Crippen LogP contribution is 2.29. The fraction of sp³-hybridized carbons (Fsp3) is 0.120. The second kappa shape index (κ2) is 8.93. The SMILES string of the molecule is COc1ccc(C(Cc2ccc(C(=O)c3ccccc3)cc2)c2csc(N)[nH+]2)cc1. The number of nitrogens with two attached hydrogens (primary N) is 1. The van der Waals surface area contributed by atoms with Crippen LogP contribution in [-0.4, -0.2) is 12.9 Å². The first-order valence-electron chi connectivity index (χ1n) is 9.73. The predicted octanol–water partition coefficient (Wildman–Crippen LogP) is 4.76. The minimum absolute atomic E-state index is 0.0350. The van der Waals surface area contributed by atoms with Crippen molar-refractivity contribution in [2.24, 2.45) is 0 Å². The molecule has 0 spiro atoms. The van der Waals surface area contributed by atoms with Crippen molar-refractivity contribution in [1.29, 1.82) is 0 Å². The summed E-state index contributed by atoms with van der Waals surface area (Å²) in [5, 5.41) is 2.75. The van der Waals surface area contributed by atoms with Crippen molar-refractivity contribution >= 4 is 22.3 Å². The summed E-state index contributed by atoms with van der Waals surface area (Å²) in [5.74, 6) is 0.989. The van der Waals surface area contributed by atoms with E-state index in [9.17, 15) is 4.79 Å². The average Bonchev–Trinajstić information content (AvgIpc) is 3.24. The number of benzene rings is 3. The molecule has 0 aliphatic heterocycles. The average molecular weight is 416 g/mol. The molecule has 3 N–H and O–H groups in total. The molecule has 0 aliphatic rings. The van der Waals surface area contributed by atoms with Crippen molar-refractivity contribution < 1.29 is 14.5 Å². The molecule has 0 fully saturated rings. The number of aromatic amines is 1. The van der Waals surface area contributed by atoms with Crippen LogP contribution in [0.1, 0.15) is 38.7 Å². The molecule has 4 rings (SSSR count). The number of thiazole rings is 1. The van der Waals surface area contributed by atoms with Gasteiger partial charge in [0.1, 0.15) is 11.4 Å².